The molecule has 3 rings (SSSR count). The molecule has 0 radical (unpaired) electrons. The molecule has 1 aromatic carbocycles. The Morgan fingerprint density at radius 1 is 1.17 bits per heavy atom. The number of alkyl halides is 3. The molecule has 0 bridgehead atoms. The maximum Gasteiger partial charge on any atom is 0.434 e. The van der Waals surface area contributed by atoms with Crippen LogP contribution in [0.1, 0.15) is 23.4 Å². The fourth-order valence-electron chi connectivity index (χ4n) is 2.93. The fourth-order valence-corrected chi connectivity index (χ4v) is 2.93. The van der Waals surface area contributed by atoms with Gasteiger partial charge in [0.25, 0.3) is 0 Å². The topological polar surface area (TPSA) is 68.0 Å². The molecule has 0 saturated heterocycles. The molecule has 120 valence electrons. The van der Waals surface area contributed by atoms with Gasteiger partial charge in [0.1, 0.15) is 0 Å². The lowest BCUT2D eigenvalue weighted by atomic mass is 9.97. The third kappa shape index (κ3) is 2.86. The zero-order chi connectivity index (χ0) is 16.6. The number of nitrogens with zero attached hydrogens (tertiary/aromatic N) is 1. The molecule has 0 unspecified atom stereocenters. The number of aromatic nitrogens is 1. The Bertz CT molecular complexity index is 757. The number of nitrogens with one attached hydrogen (secondary N) is 1. The molecule has 23 heavy (non-hydrogen) atoms. The van der Waals surface area contributed by atoms with Crippen molar-refractivity contribution < 1.29 is 18.0 Å². The van der Waals surface area contributed by atoms with Gasteiger partial charge in [0.2, 0.25) is 0 Å². The first-order valence-electron chi connectivity index (χ1n) is 7.12. The smallest absolute Gasteiger partial charge is 0.351 e. The summed E-state index contributed by atoms with van der Waals surface area (Å²) in [4.78, 5) is 15.2. The van der Waals surface area contributed by atoms with Gasteiger partial charge in [-0.05, 0) is 30.4 Å². The predicted octanol–water partition coefficient (Wildman–Crippen LogP) is 3.75. The third-order valence-corrected chi connectivity index (χ3v) is 3.80. The van der Waals surface area contributed by atoms with E-state index in [4.69, 9.17) is 5.73 Å². The van der Waals surface area contributed by atoms with Crippen LogP contribution in [-0.2, 0) is 19.0 Å². The molecule has 3 N–H and O–H groups in total. The lowest BCUT2D eigenvalue weighted by Crippen LogP contribution is -2.23. The van der Waals surface area contributed by atoms with Crippen molar-refractivity contribution in [2.45, 2.75) is 25.4 Å². The Morgan fingerprint density at radius 3 is 2.48 bits per heavy atom. The van der Waals surface area contributed by atoms with E-state index in [-0.39, 0.29) is 11.3 Å². The fraction of sp³-hybridized carbons (Fsp3) is 0.250. The first kappa shape index (κ1) is 15.3. The molecule has 0 aliphatic heterocycles. The van der Waals surface area contributed by atoms with Crippen molar-refractivity contribution in [3.63, 3.8) is 0 Å². The maximum atomic E-state index is 13.5. The highest BCUT2D eigenvalue weighted by Gasteiger charge is 2.39. The van der Waals surface area contributed by atoms with E-state index in [2.05, 4.69) is 10.3 Å². The van der Waals surface area contributed by atoms with Gasteiger partial charge >= 0.3 is 12.2 Å². The summed E-state index contributed by atoms with van der Waals surface area (Å²) in [5.74, 6) is 0. The van der Waals surface area contributed by atoms with E-state index >= 15 is 0 Å². The first-order valence-corrected chi connectivity index (χ1v) is 7.12. The average molecular weight is 321 g/mol. The number of carbonyl (C=O) groups excluding carboxylic acids is 1. The molecule has 7 heteroatoms. The summed E-state index contributed by atoms with van der Waals surface area (Å²) in [5.41, 5.74) is 5.53. The molecular formula is C16H14F3N3O. The molecule has 0 atom stereocenters. The third-order valence-electron chi connectivity index (χ3n) is 3.80. The van der Waals surface area contributed by atoms with Gasteiger partial charge in [-0.15, -0.1) is 0 Å². The van der Waals surface area contributed by atoms with E-state index in [1.165, 1.54) is 0 Å². The van der Waals surface area contributed by atoms with Gasteiger partial charge in [-0.1, -0.05) is 30.3 Å². The average Bonchev–Trinajstić information content (AvgIpc) is 2.95. The Hall–Kier alpha value is -2.57. The van der Waals surface area contributed by atoms with Crippen LogP contribution in [0.25, 0.3) is 11.1 Å². The van der Waals surface area contributed by atoms with Crippen molar-refractivity contribution in [2.75, 3.05) is 5.32 Å². The lowest BCUT2D eigenvalue weighted by Gasteiger charge is -2.20. The maximum absolute atomic E-state index is 13.5. The van der Waals surface area contributed by atoms with Crippen molar-refractivity contribution in [3.8, 4) is 11.1 Å². The summed E-state index contributed by atoms with van der Waals surface area (Å²) in [5, 5.41) is 2.38. The second-order valence-electron chi connectivity index (χ2n) is 5.34. The summed E-state index contributed by atoms with van der Waals surface area (Å²) in [6.45, 7) is 0. The van der Waals surface area contributed by atoms with Gasteiger partial charge in [-0.2, -0.15) is 13.2 Å². The van der Waals surface area contributed by atoms with Gasteiger partial charge < -0.3 is 11.1 Å². The molecule has 1 aromatic heterocycles. The molecule has 1 heterocycles. The highest BCUT2D eigenvalue weighted by molar-refractivity contribution is 5.96. The van der Waals surface area contributed by atoms with Crippen molar-refractivity contribution in [1.29, 1.82) is 0 Å². The summed E-state index contributed by atoms with van der Waals surface area (Å²) in [7, 11) is 0. The zero-order valence-electron chi connectivity index (χ0n) is 12.1. The number of rotatable bonds is 2. The monoisotopic (exact) mass is 321 g/mol. The second-order valence-corrected chi connectivity index (χ2v) is 5.34. The Kier molecular flexibility index (Phi) is 3.71. The number of hydrogen-bond acceptors (Lipinski definition) is 2. The summed E-state index contributed by atoms with van der Waals surface area (Å²) >= 11 is 0. The normalized spacial score (nSPS) is 13.7. The van der Waals surface area contributed by atoms with Crippen LogP contribution in [0.2, 0.25) is 0 Å². The number of nitrogens with two attached hydrogens (primary N) is 1. The molecular weight excluding hydrogens is 307 g/mol. The molecule has 0 saturated carbocycles. The van der Waals surface area contributed by atoms with Crippen molar-refractivity contribution in [2.24, 2.45) is 5.73 Å². The summed E-state index contributed by atoms with van der Waals surface area (Å²) in [6.07, 6.45) is -2.90. The number of hydrogen-bond donors (Lipinski definition) is 2. The number of amides is 2. The quantitative estimate of drug-likeness (QED) is 0.884. The van der Waals surface area contributed by atoms with Crippen molar-refractivity contribution >= 4 is 11.7 Å². The zero-order valence-corrected chi connectivity index (χ0v) is 12.1. The van der Waals surface area contributed by atoms with Crippen LogP contribution in [0.15, 0.2) is 30.3 Å². The van der Waals surface area contributed by atoms with Crippen LogP contribution in [0, 0.1) is 0 Å². The van der Waals surface area contributed by atoms with Gasteiger partial charge in [-0.25, -0.2) is 9.78 Å². The minimum Gasteiger partial charge on any atom is -0.351 e. The number of benzene rings is 1. The number of pyridine rings is 1. The number of halogens is 3. The van der Waals surface area contributed by atoms with E-state index in [0.717, 1.165) is 0 Å². The number of carbonyl (C=O) groups is 1. The van der Waals surface area contributed by atoms with E-state index in [0.29, 0.717) is 36.1 Å². The Balaban J connectivity index is 2.35. The summed E-state index contributed by atoms with van der Waals surface area (Å²) in [6, 6.07) is 7.20. The number of urea groups is 1. The van der Waals surface area contributed by atoms with Gasteiger partial charge in [0.05, 0.1) is 5.69 Å². The van der Waals surface area contributed by atoms with Crippen molar-refractivity contribution in [1.82, 2.24) is 4.98 Å². The highest BCUT2D eigenvalue weighted by atomic mass is 19.4. The van der Waals surface area contributed by atoms with Crippen LogP contribution in [0.4, 0.5) is 23.7 Å². The lowest BCUT2D eigenvalue weighted by molar-refractivity contribution is -0.140. The van der Waals surface area contributed by atoms with E-state index in [9.17, 15) is 18.0 Å². The standard InChI is InChI=1S/C16H14F3N3O/c17-16(18,19)14-12(9-5-2-1-3-6-9)13(22-15(20)23)10-7-4-8-11(10)21-14/h1-3,5-6H,4,7-8H2,(H3,20,21,22,23). The summed E-state index contributed by atoms with van der Waals surface area (Å²) < 4.78 is 40.5. The van der Waals surface area contributed by atoms with Crippen LogP contribution >= 0.6 is 0 Å². The Morgan fingerprint density at radius 2 is 1.87 bits per heavy atom. The number of anilines is 1. The van der Waals surface area contributed by atoms with Crippen molar-refractivity contribution in [3.05, 3.63) is 47.3 Å². The van der Waals surface area contributed by atoms with Crippen LogP contribution in [0.5, 0.6) is 0 Å². The number of fused-ring (bicyclic) bond motifs is 1. The molecule has 0 fully saturated rings. The molecule has 2 aromatic rings. The van der Waals surface area contributed by atoms with E-state index < -0.39 is 17.9 Å². The van der Waals surface area contributed by atoms with Gasteiger partial charge in [-0.3, -0.25) is 0 Å². The molecule has 1 aliphatic carbocycles. The largest absolute Gasteiger partial charge is 0.434 e. The molecule has 1 aliphatic rings. The van der Waals surface area contributed by atoms with Crippen LogP contribution in [-0.4, -0.2) is 11.0 Å². The van der Waals surface area contributed by atoms with Gasteiger partial charge in [0.15, 0.2) is 5.69 Å². The van der Waals surface area contributed by atoms with Gasteiger partial charge in [0, 0.05) is 11.3 Å². The van der Waals surface area contributed by atoms with Crippen LogP contribution < -0.4 is 11.1 Å². The minimum atomic E-state index is -4.63. The SMILES string of the molecule is NC(=O)Nc1c2c(nc(C(F)(F)F)c1-c1ccccc1)CCC2. The van der Waals surface area contributed by atoms with Crippen LogP contribution in [0.3, 0.4) is 0 Å². The second kappa shape index (κ2) is 5.57. The first-order chi connectivity index (χ1) is 10.9. The Labute approximate surface area is 130 Å². The molecule has 0 spiro atoms. The minimum absolute atomic E-state index is 0.124. The molecule has 2 amide bonds. The predicted molar refractivity (Wildman–Crippen MR) is 79.9 cm³/mol. The van der Waals surface area contributed by atoms with E-state index in [1.54, 1.807) is 30.3 Å². The van der Waals surface area contributed by atoms with E-state index in [1.807, 2.05) is 0 Å². The number of aryl methyl sites for hydroxylation is 1. The number of primary amides is 1. The highest BCUT2D eigenvalue weighted by Crippen LogP contribution is 2.44. The molecule has 4 nitrogen and oxygen atoms in total.